The van der Waals surface area contributed by atoms with Crippen molar-refractivity contribution < 1.29 is 47.5 Å². The highest BCUT2D eigenvalue weighted by atomic mass is 16.7. The lowest BCUT2D eigenvalue weighted by atomic mass is 9.91. The highest BCUT2D eigenvalue weighted by Gasteiger charge is 2.40. The smallest absolute Gasteiger partial charge is 0.410 e. The monoisotopic (exact) mass is 1050 g/mol. The average Bonchev–Trinajstić information content (AvgIpc) is 4.20. The number of methoxy groups -OCH3 is 2. The number of ether oxygens (including phenoxy) is 7. The van der Waals surface area contributed by atoms with Crippen molar-refractivity contribution in [1.82, 2.24) is 40.0 Å². The van der Waals surface area contributed by atoms with Gasteiger partial charge in [-0.25, -0.2) is 4.79 Å². The molecule has 3 amide bonds. The third-order valence-electron chi connectivity index (χ3n) is 14.6. The largest absolute Gasteiger partial charge is 0.493 e. The van der Waals surface area contributed by atoms with Gasteiger partial charge in [0.05, 0.1) is 55.8 Å². The molecule has 2 saturated heterocycles. The molecule has 5 aliphatic rings. The number of aromatic nitrogens is 4. The number of hydrogen-bond donors (Lipinski definition) is 0. The van der Waals surface area contributed by atoms with Crippen LogP contribution in [0.1, 0.15) is 126 Å². The minimum absolute atomic E-state index is 0.0789. The van der Waals surface area contributed by atoms with Crippen LogP contribution in [-0.2, 0) is 17.8 Å². The second-order valence-corrected chi connectivity index (χ2v) is 22.5. The number of benzene rings is 4. The second kappa shape index (κ2) is 21.5. The fourth-order valence-corrected chi connectivity index (χ4v) is 10.9. The highest BCUT2D eigenvalue weighted by molar-refractivity contribution is 5.96. The normalized spacial score (nSPS) is 19.1. The average molecular weight is 1050 g/mol. The van der Waals surface area contributed by atoms with Gasteiger partial charge in [-0.15, -0.1) is 0 Å². The van der Waals surface area contributed by atoms with Crippen molar-refractivity contribution in [2.24, 2.45) is 0 Å². The van der Waals surface area contributed by atoms with Crippen molar-refractivity contribution in [3.63, 3.8) is 0 Å². The molecule has 0 bridgehead atoms. The molecule has 77 heavy (non-hydrogen) atoms. The zero-order chi connectivity index (χ0) is 54.2. The summed E-state index contributed by atoms with van der Waals surface area (Å²) < 4.78 is 40.5. The van der Waals surface area contributed by atoms with Crippen molar-refractivity contribution in [2.75, 3.05) is 40.4 Å². The SMILES string of the molecule is COc1cc(C(=O)N(Cc2cc3ccccc3nn2)C[C@@H]2CCCN2C(=O)OC(C)(C)C)cc2c1OC(C)(C)O2.COc1cc(C(=O)N(Cc2cc3ccccc3nn2)C[C@@H]2CCCN2C2CCC2)cc2c1OC(C)(C)O2. The van der Waals surface area contributed by atoms with Crippen molar-refractivity contribution in [3.8, 4) is 34.5 Å². The summed E-state index contributed by atoms with van der Waals surface area (Å²) in [4.78, 5) is 49.2. The van der Waals surface area contributed by atoms with Crippen LogP contribution in [0.15, 0.2) is 84.9 Å². The third-order valence-corrected chi connectivity index (χ3v) is 14.6. The molecule has 0 radical (unpaired) electrons. The third kappa shape index (κ3) is 11.9. The van der Waals surface area contributed by atoms with Gasteiger partial charge in [0.25, 0.3) is 11.8 Å². The molecule has 6 aromatic rings. The summed E-state index contributed by atoms with van der Waals surface area (Å²) in [7, 11) is 3.11. The number of fused-ring (bicyclic) bond motifs is 4. The fraction of sp³-hybridized carbons (Fsp3) is 0.475. The number of carbonyl (C=O) groups is 3. The zero-order valence-electron chi connectivity index (χ0n) is 45.7. The summed E-state index contributed by atoms with van der Waals surface area (Å²) in [5, 5.41) is 19.5. The first-order chi connectivity index (χ1) is 36.8. The standard InChI is InChI=1S/C30H36N4O6.C29H34N4O4/c1-29(2,3)40-28(36)34-13-9-11-22(34)18-33(17-21-14-19-10-7-8-12-23(19)32-31-21)27(35)20-15-24(37-6)26-25(16-20)38-30(4,5)39-26;1-29(2)36-26-16-20(15-25(35-3)27(26)37-29)28(34)32(18-23-11-7-13-33(23)22-9-6-10-22)17-21-14-19-8-4-5-12-24(19)31-30-21/h7-8,10,12,14-16,22H,9,11,13,17-18H2,1-6H3;4-5,8,12,14-16,22-23H,6-7,9-11,13,17-18H2,1-3H3/t22-;23-/m00/s1. The lowest BCUT2D eigenvalue weighted by molar-refractivity contribution is -0.0445. The molecule has 11 rings (SSSR count). The van der Waals surface area contributed by atoms with Gasteiger partial charge in [-0.3, -0.25) is 14.5 Å². The van der Waals surface area contributed by atoms with Crippen LogP contribution >= 0.6 is 0 Å². The minimum atomic E-state index is -0.880. The van der Waals surface area contributed by atoms with Crippen LogP contribution in [-0.4, -0.2) is 134 Å². The fourth-order valence-electron chi connectivity index (χ4n) is 10.9. The summed E-state index contributed by atoms with van der Waals surface area (Å²) in [5.41, 5.74) is 3.32. The molecule has 1 saturated carbocycles. The number of carbonyl (C=O) groups excluding carboxylic acids is 3. The summed E-state index contributed by atoms with van der Waals surface area (Å²) in [5.74, 6) is 0.836. The molecule has 18 heteroatoms. The first-order valence-corrected chi connectivity index (χ1v) is 26.8. The Morgan fingerprint density at radius 2 is 1.09 bits per heavy atom. The molecule has 3 fully saturated rings. The molecule has 18 nitrogen and oxygen atoms in total. The summed E-state index contributed by atoms with van der Waals surface area (Å²) >= 11 is 0. The quantitative estimate of drug-likeness (QED) is 0.107. The van der Waals surface area contributed by atoms with E-state index in [9.17, 15) is 14.4 Å². The van der Waals surface area contributed by atoms with Gasteiger partial charge >= 0.3 is 6.09 Å². The molecule has 0 unspecified atom stereocenters. The first-order valence-electron chi connectivity index (χ1n) is 26.8. The maximum atomic E-state index is 14.1. The molecule has 6 heterocycles. The van der Waals surface area contributed by atoms with Crippen molar-refractivity contribution in [3.05, 3.63) is 107 Å². The van der Waals surface area contributed by atoms with E-state index >= 15 is 0 Å². The van der Waals surface area contributed by atoms with Crippen LogP contribution < -0.4 is 28.4 Å². The van der Waals surface area contributed by atoms with Gasteiger partial charge in [0.1, 0.15) is 5.60 Å². The summed E-state index contributed by atoms with van der Waals surface area (Å²) in [6.45, 7) is 16.0. The van der Waals surface area contributed by atoms with Gasteiger partial charge in [0, 0.05) is 81.3 Å². The van der Waals surface area contributed by atoms with Crippen LogP contribution in [0.25, 0.3) is 21.8 Å². The van der Waals surface area contributed by atoms with Crippen LogP contribution in [0.5, 0.6) is 34.5 Å². The molecular formula is C59H70N8O10. The van der Waals surface area contributed by atoms with E-state index in [1.807, 2.05) is 100 Å². The first kappa shape index (κ1) is 52.9. The van der Waals surface area contributed by atoms with Gasteiger partial charge in [0.2, 0.25) is 23.1 Å². The predicted molar refractivity (Wildman–Crippen MR) is 289 cm³/mol. The van der Waals surface area contributed by atoms with E-state index in [2.05, 4.69) is 25.3 Å². The van der Waals surface area contributed by atoms with Gasteiger partial charge in [-0.2, -0.15) is 20.4 Å². The van der Waals surface area contributed by atoms with E-state index in [0.717, 1.165) is 53.3 Å². The van der Waals surface area contributed by atoms with Crippen molar-refractivity contribution >= 4 is 39.7 Å². The van der Waals surface area contributed by atoms with Gasteiger partial charge < -0.3 is 47.9 Å². The maximum Gasteiger partial charge on any atom is 0.410 e. The Labute approximate surface area is 449 Å². The van der Waals surface area contributed by atoms with E-state index in [1.165, 1.54) is 32.8 Å². The lowest BCUT2D eigenvalue weighted by Crippen LogP contribution is -2.48. The van der Waals surface area contributed by atoms with Gasteiger partial charge in [0.15, 0.2) is 23.0 Å². The Kier molecular flexibility index (Phi) is 14.8. The van der Waals surface area contributed by atoms with E-state index in [4.69, 9.17) is 33.2 Å². The Morgan fingerprint density at radius 3 is 1.57 bits per heavy atom. The predicted octanol–water partition coefficient (Wildman–Crippen LogP) is 9.99. The van der Waals surface area contributed by atoms with E-state index in [1.54, 1.807) is 55.0 Å². The zero-order valence-corrected chi connectivity index (χ0v) is 45.7. The molecule has 2 atom stereocenters. The number of amides is 3. The molecule has 0 N–H and O–H groups in total. The molecule has 4 aliphatic heterocycles. The van der Waals surface area contributed by atoms with Crippen LogP contribution in [0.4, 0.5) is 4.79 Å². The second-order valence-electron chi connectivity index (χ2n) is 22.5. The number of rotatable bonds is 13. The van der Waals surface area contributed by atoms with E-state index in [-0.39, 0.29) is 30.5 Å². The highest BCUT2D eigenvalue weighted by Crippen LogP contribution is 2.48. The number of likely N-dealkylation sites (tertiary alicyclic amines) is 2. The molecular weight excluding hydrogens is 981 g/mol. The van der Waals surface area contributed by atoms with Crippen molar-refractivity contribution in [2.45, 2.75) is 142 Å². The van der Waals surface area contributed by atoms with Crippen LogP contribution in [0, 0.1) is 0 Å². The van der Waals surface area contributed by atoms with Crippen molar-refractivity contribution in [1.29, 1.82) is 0 Å². The van der Waals surface area contributed by atoms with Gasteiger partial charge in [-0.1, -0.05) is 42.8 Å². The summed E-state index contributed by atoms with van der Waals surface area (Å²) in [6.07, 6.45) is 7.30. The molecule has 1 aliphatic carbocycles. The maximum absolute atomic E-state index is 14.1. The number of nitrogens with zero attached hydrogens (tertiary/aromatic N) is 8. The topological polar surface area (TPSA) is 180 Å². The van der Waals surface area contributed by atoms with E-state index in [0.29, 0.717) is 89.6 Å². The molecule has 0 spiro atoms. The Balaban J connectivity index is 0.000000175. The molecule has 4 aromatic carbocycles. The summed E-state index contributed by atoms with van der Waals surface area (Å²) in [6, 6.07) is 27.2. The Morgan fingerprint density at radius 1 is 0.610 bits per heavy atom. The van der Waals surface area contributed by atoms with Gasteiger partial charge in [-0.05, 0) is 114 Å². The molecule has 2 aromatic heterocycles. The van der Waals surface area contributed by atoms with E-state index < -0.39 is 17.2 Å². The number of hydrogen-bond acceptors (Lipinski definition) is 15. The van der Waals surface area contributed by atoms with Crippen LogP contribution in [0.3, 0.4) is 0 Å². The Hall–Kier alpha value is -7.47. The van der Waals surface area contributed by atoms with Crippen LogP contribution in [0.2, 0.25) is 0 Å². The Bertz CT molecular complexity index is 3180. The molecule has 406 valence electrons. The minimum Gasteiger partial charge on any atom is -0.493 e. The lowest BCUT2D eigenvalue weighted by Gasteiger charge is -2.40.